The molecule has 44 heavy (non-hydrogen) atoms. The van der Waals surface area contributed by atoms with E-state index < -0.39 is 17.5 Å². The number of halogens is 1. The highest BCUT2D eigenvalue weighted by Crippen LogP contribution is 2.48. The van der Waals surface area contributed by atoms with E-state index in [4.69, 9.17) is 9.47 Å². The van der Waals surface area contributed by atoms with E-state index in [0.29, 0.717) is 33.5 Å². The Morgan fingerprint density at radius 3 is 2.45 bits per heavy atom. The van der Waals surface area contributed by atoms with Crippen molar-refractivity contribution in [1.82, 2.24) is 24.5 Å². The number of benzene rings is 2. The van der Waals surface area contributed by atoms with Crippen molar-refractivity contribution in [3.63, 3.8) is 0 Å². The average Bonchev–Trinajstić information content (AvgIpc) is 3.20. The predicted octanol–water partition coefficient (Wildman–Crippen LogP) is 6.40. The molecule has 4 heterocycles. The van der Waals surface area contributed by atoms with Gasteiger partial charge in [0.2, 0.25) is 5.91 Å². The molecule has 2 aromatic carbocycles. The van der Waals surface area contributed by atoms with Gasteiger partial charge in [-0.25, -0.2) is 29.1 Å². The molecule has 6 rings (SSSR count). The van der Waals surface area contributed by atoms with E-state index in [-0.39, 0.29) is 35.6 Å². The van der Waals surface area contributed by atoms with Gasteiger partial charge in [-0.05, 0) is 62.2 Å². The van der Waals surface area contributed by atoms with Gasteiger partial charge in [0.15, 0.2) is 17.4 Å². The molecule has 11 nitrogen and oxygen atoms in total. The van der Waals surface area contributed by atoms with Crippen molar-refractivity contribution in [2.24, 2.45) is 7.05 Å². The Hall–Kier alpha value is -5.65. The first-order valence-electron chi connectivity index (χ1n) is 13.7. The van der Waals surface area contributed by atoms with Crippen molar-refractivity contribution < 1.29 is 23.5 Å². The first kappa shape index (κ1) is 28.5. The first-order chi connectivity index (χ1) is 21.1. The topological polar surface area (TPSA) is 124 Å². The maximum absolute atomic E-state index is 16.5. The SMILES string of the molecule is C=CC(=O)Nc1ccc(-c2c3c4c(ncnc4n2C)N(C(=O)OC(C)(C)C)Cc2c-3ccc(Oc3ncccn3)c2F)cc1. The molecule has 1 aliphatic rings. The van der Waals surface area contributed by atoms with Gasteiger partial charge in [-0.3, -0.25) is 9.69 Å². The molecule has 3 aromatic heterocycles. The summed E-state index contributed by atoms with van der Waals surface area (Å²) < 4.78 is 29.8. The number of ether oxygens (including phenoxy) is 2. The van der Waals surface area contributed by atoms with Crippen LogP contribution in [0.2, 0.25) is 0 Å². The highest BCUT2D eigenvalue weighted by atomic mass is 19.1. The zero-order valence-electron chi connectivity index (χ0n) is 24.5. The smallest absolute Gasteiger partial charge is 0.416 e. The monoisotopic (exact) mass is 593 g/mol. The molecular weight excluding hydrogens is 565 g/mol. The van der Waals surface area contributed by atoms with Crippen LogP contribution in [0.15, 0.2) is 73.8 Å². The third kappa shape index (κ3) is 5.10. The molecule has 1 N–H and O–H groups in total. The van der Waals surface area contributed by atoms with Gasteiger partial charge in [-0.2, -0.15) is 0 Å². The molecule has 0 spiro atoms. The number of aryl methyl sites for hydroxylation is 1. The van der Waals surface area contributed by atoms with Crippen molar-refractivity contribution in [2.45, 2.75) is 32.9 Å². The van der Waals surface area contributed by atoms with Gasteiger partial charge in [0.1, 0.15) is 17.6 Å². The van der Waals surface area contributed by atoms with Crippen LogP contribution in [0.4, 0.5) is 20.7 Å². The van der Waals surface area contributed by atoms with Crippen LogP contribution < -0.4 is 15.0 Å². The Kier molecular flexibility index (Phi) is 7.04. The summed E-state index contributed by atoms with van der Waals surface area (Å²) in [4.78, 5) is 43.9. The lowest BCUT2D eigenvalue weighted by molar-refractivity contribution is -0.111. The number of carbonyl (C=O) groups excluding carboxylic acids is 2. The minimum Gasteiger partial charge on any atom is -0.443 e. The Morgan fingerprint density at radius 2 is 1.77 bits per heavy atom. The number of nitrogens with zero attached hydrogens (tertiary/aromatic N) is 6. The molecule has 0 radical (unpaired) electrons. The molecule has 0 bridgehead atoms. The normalized spacial score (nSPS) is 12.3. The van der Waals surface area contributed by atoms with Gasteiger partial charge in [0.25, 0.3) is 0 Å². The Balaban J connectivity index is 1.59. The summed E-state index contributed by atoms with van der Waals surface area (Å²) in [6, 6.07) is 12.0. The lowest BCUT2D eigenvalue weighted by Crippen LogP contribution is -2.37. The number of amides is 2. The number of aromatic nitrogens is 5. The van der Waals surface area contributed by atoms with Crippen LogP contribution >= 0.6 is 0 Å². The zero-order valence-corrected chi connectivity index (χ0v) is 24.5. The third-order valence-electron chi connectivity index (χ3n) is 6.96. The summed E-state index contributed by atoms with van der Waals surface area (Å²) >= 11 is 0. The summed E-state index contributed by atoms with van der Waals surface area (Å²) in [5.74, 6) is -0.846. The van der Waals surface area contributed by atoms with Gasteiger partial charge >= 0.3 is 12.1 Å². The van der Waals surface area contributed by atoms with E-state index >= 15 is 4.39 Å². The first-order valence-corrected chi connectivity index (χ1v) is 13.7. The zero-order chi connectivity index (χ0) is 31.2. The highest BCUT2D eigenvalue weighted by molar-refractivity contribution is 6.12. The minimum atomic E-state index is -0.819. The number of hydrogen-bond acceptors (Lipinski definition) is 8. The standard InChI is InChI=1S/C32H28FN7O4/c1-6-23(41)38-19-10-8-18(9-11-19)27-24-20-12-13-22(43-30-34-14-7-15-35-30)26(33)21(20)16-40(31(42)44-32(2,3)4)29-25(24)28(39(27)5)36-17-37-29/h6-15,17H,1,16H2,2-5H3,(H,38,41). The molecule has 2 amide bonds. The summed E-state index contributed by atoms with van der Waals surface area (Å²) in [7, 11) is 1.84. The molecule has 0 atom stereocenters. The van der Waals surface area contributed by atoms with Crippen LogP contribution in [0.3, 0.4) is 0 Å². The molecule has 5 aromatic rings. The van der Waals surface area contributed by atoms with Gasteiger partial charge in [0, 0.05) is 36.3 Å². The van der Waals surface area contributed by atoms with E-state index in [1.54, 1.807) is 45.0 Å². The molecule has 0 saturated heterocycles. The van der Waals surface area contributed by atoms with Gasteiger partial charge in [0.05, 0.1) is 17.6 Å². The van der Waals surface area contributed by atoms with Crippen LogP contribution in [-0.4, -0.2) is 42.1 Å². The molecule has 222 valence electrons. The predicted molar refractivity (Wildman–Crippen MR) is 163 cm³/mol. The number of nitrogens with one attached hydrogen (secondary N) is 1. The van der Waals surface area contributed by atoms with Gasteiger partial charge in [-0.1, -0.05) is 24.8 Å². The fourth-order valence-corrected chi connectivity index (χ4v) is 5.15. The van der Waals surface area contributed by atoms with Crippen LogP contribution in [0.5, 0.6) is 11.8 Å². The van der Waals surface area contributed by atoms with Crippen molar-refractivity contribution in [1.29, 1.82) is 0 Å². The van der Waals surface area contributed by atoms with Gasteiger partial charge in [-0.15, -0.1) is 0 Å². The molecule has 0 fully saturated rings. The summed E-state index contributed by atoms with van der Waals surface area (Å²) in [5, 5.41) is 3.29. The summed E-state index contributed by atoms with van der Waals surface area (Å²) in [5.41, 5.74) is 3.10. The Bertz CT molecular complexity index is 1930. The van der Waals surface area contributed by atoms with Crippen LogP contribution in [-0.2, 0) is 23.1 Å². The number of anilines is 2. The summed E-state index contributed by atoms with van der Waals surface area (Å²) in [6.45, 7) is 8.56. The summed E-state index contributed by atoms with van der Waals surface area (Å²) in [6.07, 6.45) is 4.84. The van der Waals surface area contributed by atoms with Crippen LogP contribution in [0.25, 0.3) is 33.4 Å². The van der Waals surface area contributed by atoms with Crippen molar-refractivity contribution in [3.05, 3.63) is 85.2 Å². The second kappa shape index (κ2) is 10.9. The molecule has 0 unspecified atom stereocenters. The maximum atomic E-state index is 16.5. The minimum absolute atomic E-state index is 0.0236. The second-order valence-corrected chi connectivity index (χ2v) is 11.1. The second-order valence-electron chi connectivity index (χ2n) is 11.1. The Morgan fingerprint density at radius 1 is 1.05 bits per heavy atom. The Labute approximate surface area is 252 Å². The van der Waals surface area contributed by atoms with Crippen LogP contribution in [0.1, 0.15) is 26.3 Å². The highest BCUT2D eigenvalue weighted by Gasteiger charge is 2.36. The largest absolute Gasteiger partial charge is 0.443 e. The molecule has 0 saturated carbocycles. The maximum Gasteiger partial charge on any atom is 0.416 e. The molecule has 12 heteroatoms. The van der Waals surface area contributed by atoms with Crippen molar-refractivity contribution in [3.8, 4) is 34.1 Å². The number of carbonyl (C=O) groups is 2. The van der Waals surface area contributed by atoms with E-state index in [1.165, 1.54) is 35.8 Å². The third-order valence-corrected chi connectivity index (χ3v) is 6.96. The fourth-order valence-electron chi connectivity index (χ4n) is 5.15. The molecular formula is C32H28FN7O4. The lowest BCUT2D eigenvalue weighted by atomic mass is 9.95. The van der Waals surface area contributed by atoms with Crippen molar-refractivity contribution >= 4 is 34.5 Å². The van der Waals surface area contributed by atoms with E-state index in [0.717, 1.165) is 5.56 Å². The number of rotatable bonds is 5. The quantitative estimate of drug-likeness (QED) is 0.232. The van der Waals surface area contributed by atoms with Crippen LogP contribution in [0, 0.1) is 5.82 Å². The van der Waals surface area contributed by atoms with E-state index in [1.807, 2.05) is 23.7 Å². The van der Waals surface area contributed by atoms with E-state index in [2.05, 4.69) is 31.8 Å². The van der Waals surface area contributed by atoms with Crippen molar-refractivity contribution in [2.75, 3.05) is 10.2 Å². The van der Waals surface area contributed by atoms with Gasteiger partial charge < -0.3 is 19.4 Å². The molecule has 0 aliphatic carbocycles. The number of fused-ring (bicyclic) bond motifs is 2. The van der Waals surface area contributed by atoms with E-state index in [9.17, 15) is 9.59 Å². The lowest BCUT2D eigenvalue weighted by Gasteiger charge is -2.27. The fraction of sp³-hybridized carbons (Fsp3) is 0.188. The number of hydrogen-bond donors (Lipinski definition) is 1. The molecule has 1 aliphatic heterocycles. The average molecular weight is 594 g/mol.